The quantitative estimate of drug-likeness (QED) is 0.530. The molecule has 0 fully saturated rings. The topological polar surface area (TPSA) is 61.7 Å². The maximum atomic E-state index is 11.2. The molecule has 0 atom stereocenters. The Labute approximate surface area is 89.1 Å². The first-order valence-electron chi connectivity index (χ1n) is 3.67. The van der Waals surface area contributed by atoms with Crippen molar-refractivity contribution in [2.24, 2.45) is 5.16 Å². The van der Waals surface area contributed by atoms with Crippen LogP contribution in [0.15, 0.2) is 17.3 Å². The number of hydrogen-bond acceptors (Lipinski definition) is 3. The molecule has 0 bridgehead atoms. The van der Waals surface area contributed by atoms with E-state index in [4.69, 9.17) is 28.4 Å². The third-order valence-electron chi connectivity index (χ3n) is 1.90. The van der Waals surface area contributed by atoms with Gasteiger partial charge in [0.2, 0.25) is 0 Å². The molecule has 1 amide bonds. The van der Waals surface area contributed by atoms with Crippen molar-refractivity contribution in [2.45, 2.75) is 0 Å². The molecule has 0 radical (unpaired) electrons. The van der Waals surface area contributed by atoms with Gasteiger partial charge in [-0.1, -0.05) is 28.4 Å². The fraction of sp³-hybridized carbons (Fsp3) is 0. The van der Waals surface area contributed by atoms with Gasteiger partial charge in [0, 0.05) is 5.56 Å². The normalized spacial score (nSPS) is 17.0. The number of nitrogens with zero attached hydrogens (tertiary/aromatic N) is 1. The lowest BCUT2D eigenvalue weighted by molar-refractivity contribution is -0.110. The number of carbonyl (C=O) groups is 1. The molecule has 0 spiro atoms. The van der Waals surface area contributed by atoms with E-state index in [1.54, 1.807) is 6.07 Å². The summed E-state index contributed by atoms with van der Waals surface area (Å²) in [5.74, 6) is -0.494. The maximum Gasteiger partial charge on any atom is 0.278 e. The van der Waals surface area contributed by atoms with Crippen molar-refractivity contribution >= 4 is 40.5 Å². The molecular formula is C8H4Cl2N2O2. The minimum atomic E-state index is -0.494. The van der Waals surface area contributed by atoms with Crippen LogP contribution in [0, 0.1) is 0 Å². The van der Waals surface area contributed by atoms with Crippen LogP contribution in [-0.4, -0.2) is 16.8 Å². The Hall–Kier alpha value is -1.26. The number of hydrogen-bond donors (Lipinski definition) is 2. The number of halogens is 2. The van der Waals surface area contributed by atoms with Crippen LogP contribution in [0.3, 0.4) is 0 Å². The number of nitrogens with one attached hydrogen (secondary N) is 1. The Kier molecular flexibility index (Phi) is 2.09. The van der Waals surface area contributed by atoms with Crippen LogP contribution in [0.25, 0.3) is 0 Å². The van der Waals surface area contributed by atoms with Crippen molar-refractivity contribution in [1.82, 2.24) is 0 Å². The van der Waals surface area contributed by atoms with Gasteiger partial charge in [0.15, 0.2) is 5.71 Å². The van der Waals surface area contributed by atoms with Crippen LogP contribution in [0.1, 0.15) is 5.56 Å². The molecule has 0 saturated carbocycles. The lowest BCUT2D eigenvalue weighted by atomic mass is 10.1. The number of benzene rings is 1. The van der Waals surface area contributed by atoms with E-state index in [-0.39, 0.29) is 10.7 Å². The second-order valence-electron chi connectivity index (χ2n) is 2.69. The summed E-state index contributed by atoms with van der Waals surface area (Å²) in [7, 11) is 0. The van der Waals surface area contributed by atoms with Crippen molar-refractivity contribution in [3.8, 4) is 0 Å². The summed E-state index contributed by atoms with van der Waals surface area (Å²) in [6.45, 7) is 0. The molecular weight excluding hydrogens is 227 g/mol. The molecule has 0 unspecified atom stereocenters. The second kappa shape index (κ2) is 3.15. The molecule has 1 heterocycles. The highest BCUT2D eigenvalue weighted by Gasteiger charge is 2.29. The van der Waals surface area contributed by atoms with Crippen molar-refractivity contribution < 1.29 is 10.0 Å². The van der Waals surface area contributed by atoms with Crippen LogP contribution in [0.5, 0.6) is 0 Å². The SMILES string of the molecule is O=C1Nc2c(ccc(Cl)c2Cl)C1=NO. The lowest BCUT2D eigenvalue weighted by Gasteiger charge is -2.01. The van der Waals surface area contributed by atoms with Gasteiger partial charge in [-0.05, 0) is 12.1 Å². The summed E-state index contributed by atoms with van der Waals surface area (Å²) in [6, 6.07) is 3.10. The van der Waals surface area contributed by atoms with E-state index in [1.807, 2.05) is 0 Å². The number of oxime groups is 1. The van der Waals surface area contributed by atoms with E-state index in [2.05, 4.69) is 10.5 Å². The van der Waals surface area contributed by atoms with E-state index in [9.17, 15) is 4.79 Å². The highest BCUT2D eigenvalue weighted by Crippen LogP contribution is 2.36. The zero-order chi connectivity index (χ0) is 10.3. The van der Waals surface area contributed by atoms with Crippen LogP contribution in [0.2, 0.25) is 10.0 Å². The van der Waals surface area contributed by atoms with E-state index in [1.165, 1.54) is 6.07 Å². The number of rotatable bonds is 0. The highest BCUT2D eigenvalue weighted by molar-refractivity contribution is 6.56. The third kappa shape index (κ3) is 1.15. The Morgan fingerprint density at radius 3 is 2.71 bits per heavy atom. The number of anilines is 1. The van der Waals surface area contributed by atoms with Gasteiger partial charge < -0.3 is 10.5 Å². The Bertz CT molecular complexity index is 457. The van der Waals surface area contributed by atoms with Gasteiger partial charge in [0.1, 0.15) is 0 Å². The number of fused-ring (bicyclic) bond motifs is 1. The lowest BCUT2D eigenvalue weighted by Crippen LogP contribution is -2.13. The van der Waals surface area contributed by atoms with Crippen molar-refractivity contribution in [2.75, 3.05) is 5.32 Å². The predicted molar refractivity (Wildman–Crippen MR) is 53.4 cm³/mol. The highest BCUT2D eigenvalue weighted by atomic mass is 35.5. The molecule has 1 aromatic rings. The smallest absolute Gasteiger partial charge is 0.278 e. The zero-order valence-corrected chi connectivity index (χ0v) is 8.23. The van der Waals surface area contributed by atoms with Gasteiger partial charge in [-0.25, -0.2) is 0 Å². The van der Waals surface area contributed by atoms with Crippen LogP contribution >= 0.6 is 23.2 Å². The minimum absolute atomic E-state index is 0.0569. The minimum Gasteiger partial charge on any atom is -0.410 e. The largest absolute Gasteiger partial charge is 0.410 e. The summed E-state index contributed by atoms with van der Waals surface area (Å²) < 4.78 is 0. The molecule has 14 heavy (non-hydrogen) atoms. The van der Waals surface area contributed by atoms with Gasteiger partial charge in [-0.3, -0.25) is 4.79 Å². The number of amides is 1. The molecule has 1 aromatic carbocycles. The van der Waals surface area contributed by atoms with E-state index in [0.717, 1.165) is 0 Å². The first-order valence-corrected chi connectivity index (χ1v) is 4.42. The average Bonchev–Trinajstić information content (AvgIpc) is 2.49. The van der Waals surface area contributed by atoms with Gasteiger partial charge in [0.25, 0.3) is 5.91 Å². The van der Waals surface area contributed by atoms with Crippen LogP contribution < -0.4 is 5.32 Å². The second-order valence-corrected chi connectivity index (χ2v) is 3.47. The average molecular weight is 231 g/mol. The van der Waals surface area contributed by atoms with E-state index >= 15 is 0 Å². The first-order chi connectivity index (χ1) is 6.65. The molecule has 72 valence electrons. The van der Waals surface area contributed by atoms with Crippen molar-refractivity contribution in [3.05, 3.63) is 27.7 Å². The molecule has 1 aliphatic heterocycles. The molecule has 6 heteroatoms. The molecule has 2 N–H and O–H groups in total. The standard InChI is InChI=1S/C8H4Cl2N2O2/c9-4-2-1-3-6(5(4)10)11-8(13)7(3)12-14/h1-2,14H,(H,11,12,13). The molecule has 4 nitrogen and oxygen atoms in total. The van der Waals surface area contributed by atoms with Gasteiger partial charge in [-0.15, -0.1) is 0 Å². The summed E-state index contributed by atoms with van der Waals surface area (Å²) in [5, 5.41) is 14.5. The number of carbonyl (C=O) groups excluding carboxylic acids is 1. The van der Waals surface area contributed by atoms with E-state index in [0.29, 0.717) is 16.3 Å². The van der Waals surface area contributed by atoms with Crippen LogP contribution in [-0.2, 0) is 4.79 Å². The van der Waals surface area contributed by atoms with Gasteiger partial charge in [-0.2, -0.15) is 0 Å². The third-order valence-corrected chi connectivity index (χ3v) is 2.71. The Balaban J connectivity index is 2.70. The summed E-state index contributed by atoms with van der Waals surface area (Å²) in [6.07, 6.45) is 0. The Morgan fingerprint density at radius 2 is 2.07 bits per heavy atom. The van der Waals surface area contributed by atoms with Gasteiger partial charge in [0.05, 0.1) is 15.7 Å². The first kappa shape index (κ1) is 9.30. The zero-order valence-electron chi connectivity index (χ0n) is 6.71. The van der Waals surface area contributed by atoms with E-state index < -0.39 is 5.91 Å². The molecule has 0 aliphatic carbocycles. The summed E-state index contributed by atoms with van der Waals surface area (Å²) in [5.41, 5.74) is 0.780. The van der Waals surface area contributed by atoms with Crippen molar-refractivity contribution in [3.63, 3.8) is 0 Å². The maximum absolute atomic E-state index is 11.2. The Morgan fingerprint density at radius 1 is 1.36 bits per heavy atom. The molecule has 2 rings (SSSR count). The van der Waals surface area contributed by atoms with Crippen molar-refractivity contribution in [1.29, 1.82) is 0 Å². The molecule has 1 aliphatic rings. The fourth-order valence-electron chi connectivity index (χ4n) is 1.26. The fourth-order valence-corrected chi connectivity index (χ4v) is 1.63. The van der Waals surface area contributed by atoms with Gasteiger partial charge >= 0.3 is 0 Å². The predicted octanol–water partition coefficient (Wildman–Crippen LogP) is 2.12. The molecule has 0 aromatic heterocycles. The van der Waals surface area contributed by atoms with Crippen LogP contribution in [0.4, 0.5) is 5.69 Å². The monoisotopic (exact) mass is 230 g/mol. The summed E-state index contributed by atoms with van der Waals surface area (Å²) >= 11 is 11.6. The molecule has 0 saturated heterocycles. The summed E-state index contributed by atoms with van der Waals surface area (Å²) in [4.78, 5) is 11.2.